The molecule has 0 aliphatic carbocycles. The number of sulfonamides is 1. The summed E-state index contributed by atoms with van der Waals surface area (Å²) in [6.45, 7) is 1.56. The monoisotopic (exact) mass is 283 g/mol. The number of primary sulfonamides is 1. The van der Waals surface area contributed by atoms with Gasteiger partial charge in [0.15, 0.2) is 5.82 Å². The van der Waals surface area contributed by atoms with Crippen molar-refractivity contribution in [1.29, 1.82) is 0 Å². The summed E-state index contributed by atoms with van der Waals surface area (Å²) in [5, 5.41) is 21.1. The number of aromatic amines is 1. The highest BCUT2D eigenvalue weighted by atomic mass is 32.2. The van der Waals surface area contributed by atoms with Crippen LogP contribution in [0.2, 0.25) is 0 Å². The van der Waals surface area contributed by atoms with Crippen LogP contribution in [0.4, 0.5) is 5.69 Å². The Kier molecular flexibility index (Phi) is 3.04. The maximum absolute atomic E-state index is 11.1. The number of hydrogen-bond donors (Lipinski definition) is 2. The SMILES string of the molecule is Cc1cccc(-c2n[nH]c(S(N)(=O)=O)n2)c1[N+](=O)[O-]. The number of H-pyrrole nitrogens is 1. The van der Waals surface area contributed by atoms with Crippen molar-refractivity contribution in [1.82, 2.24) is 15.2 Å². The zero-order valence-electron chi connectivity index (χ0n) is 9.69. The van der Waals surface area contributed by atoms with Crippen molar-refractivity contribution in [2.45, 2.75) is 12.1 Å². The number of para-hydroxylation sites is 1. The van der Waals surface area contributed by atoms with Crippen molar-refractivity contribution in [2.24, 2.45) is 5.14 Å². The third kappa shape index (κ3) is 2.44. The first-order chi connectivity index (χ1) is 8.80. The quantitative estimate of drug-likeness (QED) is 0.613. The van der Waals surface area contributed by atoms with Gasteiger partial charge in [-0.25, -0.2) is 18.7 Å². The number of nitrogens with one attached hydrogen (secondary N) is 1. The first-order valence-corrected chi connectivity index (χ1v) is 6.55. The van der Waals surface area contributed by atoms with Crippen LogP contribution in [0.5, 0.6) is 0 Å². The lowest BCUT2D eigenvalue weighted by Crippen LogP contribution is -2.13. The lowest BCUT2D eigenvalue weighted by atomic mass is 10.1. The Morgan fingerprint density at radius 3 is 2.63 bits per heavy atom. The van der Waals surface area contributed by atoms with Gasteiger partial charge in [-0.15, -0.1) is 0 Å². The molecule has 2 aromatic rings. The Morgan fingerprint density at radius 2 is 2.11 bits per heavy atom. The average molecular weight is 283 g/mol. The molecule has 0 saturated carbocycles. The zero-order chi connectivity index (χ0) is 14.2. The van der Waals surface area contributed by atoms with E-state index in [0.29, 0.717) is 5.56 Å². The van der Waals surface area contributed by atoms with E-state index in [1.807, 2.05) is 0 Å². The second kappa shape index (κ2) is 4.40. The van der Waals surface area contributed by atoms with Gasteiger partial charge in [-0.2, -0.15) is 10.1 Å². The van der Waals surface area contributed by atoms with Gasteiger partial charge < -0.3 is 0 Å². The van der Waals surface area contributed by atoms with Crippen LogP contribution in [0, 0.1) is 17.0 Å². The second-order valence-electron chi connectivity index (χ2n) is 3.74. The number of benzene rings is 1. The molecule has 1 aromatic carbocycles. The Bertz CT molecular complexity index is 752. The van der Waals surface area contributed by atoms with Crippen LogP contribution in [0.15, 0.2) is 23.4 Å². The fourth-order valence-electron chi connectivity index (χ4n) is 1.58. The smallest absolute Gasteiger partial charge is 0.258 e. The molecule has 0 saturated heterocycles. The zero-order valence-corrected chi connectivity index (χ0v) is 10.5. The minimum atomic E-state index is -4.03. The van der Waals surface area contributed by atoms with Gasteiger partial charge in [0.05, 0.1) is 10.5 Å². The molecule has 10 heteroatoms. The van der Waals surface area contributed by atoms with Gasteiger partial charge in [0, 0.05) is 5.56 Å². The van der Waals surface area contributed by atoms with Crippen molar-refractivity contribution >= 4 is 15.7 Å². The Balaban J connectivity index is 2.63. The van der Waals surface area contributed by atoms with Crippen LogP contribution in [0.25, 0.3) is 11.4 Å². The van der Waals surface area contributed by atoms with Crippen molar-refractivity contribution in [2.75, 3.05) is 0 Å². The molecular weight excluding hydrogens is 274 g/mol. The molecule has 0 unspecified atom stereocenters. The predicted octanol–water partition coefficient (Wildman–Crippen LogP) is 0.336. The molecule has 0 aliphatic rings. The van der Waals surface area contributed by atoms with Gasteiger partial charge in [0.1, 0.15) is 0 Å². The maximum Gasteiger partial charge on any atom is 0.283 e. The second-order valence-corrected chi connectivity index (χ2v) is 5.21. The van der Waals surface area contributed by atoms with Crippen molar-refractivity contribution < 1.29 is 13.3 Å². The molecule has 1 aromatic heterocycles. The third-order valence-electron chi connectivity index (χ3n) is 2.40. The highest BCUT2D eigenvalue weighted by molar-refractivity contribution is 7.89. The normalized spacial score (nSPS) is 11.5. The lowest BCUT2D eigenvalue weighted by molar-refractivity contribution is -0.384. The molecule has 1 heterocycles. The molecule has 2 rings (SSSR count). The van der Waals surface area contributed by atoms with Crippen LogP contribution >= 0.6 is 0 Å². The molecule has 19 heavy (non-hydrogen) atoms. The molecule has 9 nitrogen and oxygen atoms in total. The summed E-state index contributed by atoms with van der Waals surface area (Å²) in [6.07, 6.45) is 0. The topological polar surface area (TPSA) is 145 Å². The minimum absolute atomic E-state index is 0.0978. The molecule has 0 aliphatic heterocycles. The number of nitro groups is 1. The van der Waals surface area contributed by atoms with Crippen LogP contribution < -0.4 is 5.14 Å². The number of nitrogens with two attached hydrogens (primary N) is 1. The summed E-state index contributed by atoms with van der Waals surface area (Å²) < 4.78 is 22.1. The van der Waals surface area contributed by atoms with E-state index in [9.17, 15) is 18.5 Å². The van der Waals surface area contributed by atoms with Crippen molar-refractivity contribution in [3.05, 3.63) is 33.9 Å². The number of nitro benzene ring substituents is 1. The Morgan fingerprint density at radius 1 is 1.42 bits per heavy atom. The van der Waals surface area contributed by atoms with Gasteiger partial charge in [0.2, 0.25) is 0 Å². The first kappa shape index (κ1) is 13.1. The molecule has 0 fully saturated rings. The molecule has 0 amide bonds. The van der Waals surface area contributed by atoms with E-state index in [1.165, 1.54) is 6.07 Å². The number of hydrogen-bond acceptors (Lipinski definition) is 6. The summed E-state index contributed by atoms with van der Waals surface area (Å²) >= 11 is 0. The molecule has 100 valence electrons. The van der Waals surface area contributed by atoms with Gasteiger partial charge in [-0.1, -0.05) is 12.1 Å². The molecule has 0 spiro atoms. The maximum atomic E-state index is 11.1. The number of rotatable bonds is 3. The number of nitrogens with zero attached hydrogens (tertiary/aromatic N) is 3. The summed E-state index contributed by atoms with van der Waals surface area (Å²) in [6, 6.07) is 4.58. The number of aryl methyl sites for hydroxylation is 1. The summed E-state index contributed by atoms with van der Waals surface area (Å²) in [5.74, 6) is -0.0978. The van der Waals surface area contributed by atoms with E-state index in [0.717, 1.165) is 0 Å². The summed E-state index contributed by atoms with van der Waals surface area (Å²) in [4.78, 5) is 14.1. The Labute approximate surface area is 107 Å². The largest absolute Gasteiger partial charge is 0.283 e. The van der Waals surface area contributed by atoms with Gasteiger partial charge >= 0.3 is 0 Å². The Hall–Kier alpha value is -2.33. The summed E-state index contributed by atoms with van der Waals surface area (Å²) in [7, 11) is -4.03. The molecular formula is C9H9N5O4S. The highest BCUT2D eigenvalue weighted by Gasteiger charge is 2.23. The van der Waals surface area contributed by atoms with Crippen molar-refractivity contribution in [3.63, 3.8) is 0 Å². The van der Waals surface area contributed by atoms with E-state index in [1.54, 1.807) is 19.1 Å². The van der Waals surface area contributed by atoms with E-state index in [4.69, 9.17) is 5.14 Å². The molecule has 0 bridgehead atoms. The highest BCUT2D eigenvalue weighted by Crippen LogP contribution is 2.30. The van der Waals surface area contributed by atoms with Crippen LogP contribution in [0.3, 0.4) is 0 Å². The first-order valence-electron chi connectivity index (χ1n) is 5.00. The van der Waals surface area contributed by atoms with Gasteiger partial charge in [-0.3, -0.25) is 10.1 Å². The molecule has 3 N–H and O–H groups in total. The lowest BCUT2D eigenvalue weighted by Gasteiger charge is -2.01. The standard InChI is InChI=1S/C9H9N5O4S/c1-5-3-2-4-6(7(5)14(15)16)8-11-9(13-12-8)19(10,17)18/h2-4H,1H3,(H2,10,17,18)(H,11,12,13). The van der Waals surface area contributed by atoms with E-state index in [-0.39, 0.29) is 17.1 Å². The predicted molar refractivity (Wildman–Crippen MR) is 64.6 cm³/mol. The number of aromatic nitrogens is 3. The molecule has 0 radical (unpaired) electrons. The van der Waals surface area contributed by atoms with E-state index < -0.39 is 20.1 Å². The third-order valence-corrected chi connectivity index (χ3v) is 3.12. The van der Waals surface area contributed by atoms with Gasteiger partial charge in [0.25, 0.3) is 20.9 Å². The fourth-order valence-corrected chi connectivity index (χ4v) is 1.96. The van der Waals surface area contributed by atoms with Crippen LogP contribution in [-0.2, 0) is 10.0 Å². The van der Waals surface area contributed by atoms with E-state index >= 15 is 0 Å². The summed E-state index contributed by atoms with van der Waals surface area (Å²) in [5.41, 5.74) is 0.364. The van der Waals surface area contributed by atoms with Crippen molar-refractivity contribution in [3.8, 4) is 11.4 Å². The molecule has 0 atom stereocenters. The average Bonchev–Trinajstić information content (AvgIpc) is 2.76. The van der Waals surface area contributed by atoms with Crippen LogP contribution in [-0.4, -0.2) is 28.5 Å². The fraction of sp³-hybridized carbons (Fsp3) is 0.111. The van der Waals surface area contributed by atoms with Crippen LogP contribution in [0.1, 0.15) is 5.56 Å². The van der Waals surface area contributed by atoms with Gasteiger partial charge in [-0.05, 0) is 13.0 Å². The minimum Gasteiger partial charge on any atom is -0.258 e. The van der Waals surface area contributed by atoms with E-state index in [2.05, 4.69) is 15.2 Å².